The van der Waals surface area contributed by atoms with Gasteiger partial charge in [0, 0.05) is 35.1 Å². The molecular formula is C21H17ClN2O5. The number of anilines is 1. The number of carbonyl (C=O) groups is 1. The van der Waals surface area contributed by atoms with Gasteiger partial charge in [-0.1, -0.05) is 18.5 Å². The van der Waals surface area contributed by atoms with Gasteiger partial charge >= 0.3 is 11.6 Å². The van der Waals surface area contributed by atoms with E-state index in [2.05, 4.69) is 4.98 Å². The Morgan fingerprint density at radius 3 is 2.76 bits per heavy atom. The maximum atomic E-state index is 11.9. The Labute approximate surface area is 170 Å². The first-order valence-electron chi connectivity index (χ1n) is 9.03. The van der Waals surface area contributed by atoms with Gasteiger partial charge in [0.1, 0.15) is 17.7 Å². The molecule has 0 aliphatic heterocycles. The maximum absolute atomic E-state index is 11.9. The molecule has 0 unspecified atom stereocenters. The van der Waals surface area contributed by atoms with Crippen molar-refractivity contribution >= 4 is 45.3 Å². The van der Waals surface area contributed by atoms with Gasteiger partial charge < -0.3 is 19.3 Å². The monoisotopic (exact) mass is 412 g/mol. The highest BCUT2D eigenvalue weighted by atomic mass is 35.5. The Bertz CT molecular complexity index is 1290. The van der Waals surface area contributed by atoms with Crippen LogP contribution in [0.2, 0.25) is 5.02 Å². The summed E-state index contributed by atoms with van der Waals surface area (Å²) in [6.07, 6.45) is 1.01. The van der Waals surface area contributed by atoms with E-state index in [0.29, 0.717) is 62.6 Å². The number of rotatable bonds is 5. The van der Waals surface area contributed by atoms with Gasteiger partial charge in [-0.2, -0.15) is 0 Å². The smallest absolute Gasteiger partial charge is 0.336 e. The van der Waals surface area contributed by atoms with Crippen molar-refractivity contribution in [1.29, 1.82) is 0 Å². The minimum Gasteiger partial charge on any atom is -0.461 e. The summed E-state index contributed by atoms with van der Waals surface area (Å²) in [5.41, 5.74) is 8.29. The Morgan fingerprint density at radius 2 is 2.00 bits per heavy atom. The third kappa shape index (κ3) is 3.82. The number of hydrogen-bond acceptors (Lipinski definition) is 7. The average molecular weight is 413 g/mol. The fraction of sp³-hybridized carbons (Fsp3) is 0.190. The average Bonchev–Trinajstić information content (AvgIpc) is 3.09. The fourth-order valence-corrected chi connectivity index (χ4v) is 3.12. The van der Waals surface area contributed by atoms with E-state index in [0.717, 1.165) is 0 Å². The van der Waals surface area contributed by atoms with Gasteiger partial charge in [-0.25, -0.2) is 9.78 Å². The molecule has 0 spiro atoms. The number of oxazole rings is 1. The van der Waals surface area contributed by atoms with Crippen molar-refractivity contribution in [3.63, 3.8) is 0 Å². The molecule has 7 nitrogen and oxygen atoms in total. The van der Waals surface area contributed by atoms with Crippen LogP contribution in [0.3, 0.4) is 0 Å². The Kier molecular flexibility index (Phi) is 4.98. The van der Waals surface area contributed by atoms with Crippen LogP contribution in [0.15, 0.2) is 50.0 Å². The molecule has 0 aliphatic rings. The van der Waals surface area contributed by atoms with E-state index in [1.165, 1.54) is 6.07 Å². The van der Waals surface area contributed by atoms with E-state index in [4.69, 9.17) is 30.9 Å². The van der Waals surface area contributed by atoms with Crippen molar-refractivity contribution < 1.29 is 18.4 Å². The third-order valence-corrected chi connectivity index (χ3v) is 4.77. The van der Waals surface area contributed by atoms with Crippen LogP contribution in [0.4, 0.5) is 5.69 Å². The number of carbonyl (C=O) groups excluding carboxylic acids is 1. The zero-order valence-electron chi connectivity index (χ0n) is 15.5. The molecule has 8 heteroatoms. The second-order valence-corrected chi connectivity index (χ2v) is 6.98. The normalized spacial score (nSPS) is 11.2. The lowest BCUT2D eigenvalue weighted by Crippen LogP contribution is -2.07. The number of hydrogen-bond donors (Lipinski definition) is 1. The summed E-state index contributed by atoms with van der Waals surface area (Å²) < 4.78 is 16.4. The predicted octanol–water partition coefficient (Wildman–Crippen LogP) is 4.68. The minimum absolute atomic E-state index is 0.0229. The van der Waals surface area contributed by atoms with Crippen LogP contribution >= 0.6 is 11.6 Å². The lowest BCUT2D eigenvalue weighted by molar-refractivity contribution is -0.144. The van der Waals surface area contributed by atoms with Crippen LogP contribution < -0.4 is 11.4 Å². The van der Waals surface area contributed by atoms with Crippen LogP contribution in [0.25, 0.3) is 33.5 Å². The molecule has 0 saturated carbocycles. The van der Waals surface area contributed by atoms with E-state index < -0.39 is 5.63 Å². The van der Waals surface area contributed by atoms with Crippen LogP contribution in [-0.2, 0) is 16.1 Å². The van der Waals surface area contributed by atoms with Gasteiger partial charge in [0.15, 0.2) is 5.58 Å². The Morgan fingerprint density at radius 1 is 1.17 bits per heavy atom. The second kappa shape index (κ2) is 7.60. The highest BCUT2D eigenvalue weighted by molar-refractivity contribution is 6.33. The maximum Gasteiger partial charge on any atom is 0.336 e. The molecule has 29 heavy (non-hydrogen) atoms. The van der Waals surface area contributed by atoms with Crippen LogP contribution in [0, 0.1) is 0 Å². The first-order valence-corrected chi connectivity index (χ1v) is 9.40. The number of esters is 1. The lowest BCUT2D eigenvalue weighted by Gasteiger charge is -2.06. The molecule has 2 aromatic carbocycles. The minimum atomic E-state index is -0.538. The van der Waals surface area contributed by atoms with E-state index in [9.17, 15) is 9.59 Å². The van der Waals surface area contributed by atoms with Gasteiger partial charge in [-0.15, -0.1) is 0 Å². The van der Waals surface area contributed by atoms with E-state index >= 15 is 0 Å². The van der Waals surface area contributed by atoms with Gasteiger partial charge in [0.05, 0.1) is 10.7 Å². The molecule has 0 aliphatic carbocycles. The van der Waals surface area contributed by atoms with Gasteiger partial charge in [0.2, 0.25) is 5.89 Å². The summed E-state index contributed by atoms with van der Waals surface area (Å²) in [7, 11) is 0. The lowest BCUT2D eigenvalue weighted by atomic mass is 10.1. The fourth-order valence-electron chi connectivity index (χ4n) is 3.00. The summed E-state index contributed by atoms with van der Waals surface area (Å²) >= 11 is 5.97. The molecule has 0 radical (unpaired) electrons. The summed E-state index contributed by atoms with van der Waals surface area (Å²) in [6.45, 7) is 1.87. The van der Waals surface area contributed by atoms with Crippen LogP contribution in [0.5, 0.6) is 0 Å². The van der Waals surface area contributed by atoms with E-state index in [1.807, 2.05) is 6.92 Å². The highest BCUT2D eigenvalue weighted by Crippen LogP contribution is 2.31. The van der Waals surface area contributed by atoms with Crippen molar-refractivity contribution in [3.05, 3.63) is 57.4 Å². The van der Waals surface area contributed by atoms with Crippen molar-refractivity contribution in [1.82, 2.24) is 4.98 Å². The molecule has 2 N–H and O–H groups in total. The number of aromatic nitrogens is 1. The standard InChI is InChI=1S/C21H17ClN2O5/c1-2-3-19(25)27-10-12-7-20(26)28-17-9-18-16(8-13(12)17)24-21(29-18)11-4-5-14(22)15(23)6-11/h4-9H,2-3,10,23H2,1H3. The summed E-state index contributed by atoms with van der Waals surface area (Å²) in [5.74, 6) is 0.0379. The largest absolute Gasteiger partial charge is 0.461 e. The summed E-state index contributed by atoms with van der Waals surface area (Å²) in [4.78, 5) is 28.1. The molecule has 2 heterocycles. The summed E-state index contributed by atoms with van der Waals surface area (Å²) in [5, 5.41) is 1.07. The van der Waals surface area contributed by atoms with Crippen LogP contribution in [-0.4, -0.2) is 11.0 Å². The van der Waals surface area contributed by atoms with Gasteiger partial charge in [-0.05, 0) is 30.7 Å². The molecule has 0 bridgehead atoms. The zero-order valence-corrected chi connectivity index (χ0v) is 16.3. The Balaban J connectivity index is 1.78. The molecule has 0 saturated heterocycles. The van der Waals surface area contributed by atoms with E-state index in [1.54, 1.807) is 30.3 Å². The van der Waals surface area contributed by atoms with Gasteiger partial charge in [0.25, 0.3) is 0 Å². The molecule has 4 rings (SSSR count). The number of ether oxygens (including phenoxy) is 1. The summed E-state index contributed by atoms with van der Waals surface area (Å²) in [6, 6.07) is 9.74. The third-order valence-electron chi connectivity index (χ3n) is 4.42. The first kappa shape index (κ1) is 19.0. The van der Waals surface area contributed by atoms with Crippen molar-refractivity contribution in [3.8, 4) is 11.5 Å². The number of nitrogens with zero attached hydrogens (tertiary/aromatic N) is 1. The van der Waals surface area contributed by atoms with Gasteiger partial charge in [-0.3, -0.25) is 4.79 Å². The number of halogens is 1. The first-order chi connectivity index (χ1) is 13.9. The Hall–Kier alpha value is -3.32. The number of nitrogen functional groups attached to an aromatic ring is 1. The molecular weight excluding hydrogens is 396 g/mol. The van der Waals surface area contributed by atoms with Crippen LogP contribution in [0.1, 0.15) is 25.3 Å². The topological polar surface area (TPSA) is 109 Å². The number of fused-ring (bicyclic) bond motifs is 2. The quantitative estimate of drug-likeness (QED) is 0.288. The molecule has 2 aromatic heterocycles. The SMILES string of the molecule is CCCC(=O)OCc1cc(=O)oc2cc3oc(-c4ccc(Cl)c(N)c4)nc3cc12. The van der Waals surface area contributed by atoms with Crippen molar-refractivity contribution in [2.75, 3.05) is 5.73 Å². The van der Waals surface area contributed by atoms with Crippen molar-refractivity contribution in [2.45, 2.75) is 26.4 Å². The zero-order chi connectivity index (χ0) is 20.5. The molecule has 0 atom stereocenters. The van der Waals surface area contributed by atoms with Crippen molar-refractivity contribution in [2.24, 2.45) is 0 Å². The van der Waals surface area contributed by atoms with E-state index in [-0.39, 0.29) is 12.6 Å². The number of nitrogens with two attached hydrogens (primary N) is 1. The predicted molar refractivity (Wildman–Crippen MR) is 110 cm³/mol. The molecule has 0 fully saturated rings. The molecule has 148 valence electrons. The second-order valence-electron chi connectivity index (χ2n) is 6.57. The highest BCUT2D eigenvalue weighted by Gasteiger charge is 2.15. The molecule has 4 aromatic rings. The number of benzene rings is 2. The molecule has 0 amide bonds.